The van der Waals surface area contributed by atoms with E-state index in [-0.39, 0.29) is 47.2 Å². The van der Waals surface area contributed by atoms with Crippen LogP contribution in [0.2, 0.25) is 0 Å². The number of fused-ring (bicyclic) bond motifs is 1. The molecule has 1 aliphatic heterocycles. The van der Waals surface area contributed by atoms with Crippen LogP contribution in [0.1, 0.15) is 53.1 Å². The third-order valence-electron chi connectivity index (χ3n) is 5.67. The number of halogens is 1. The Balaban J connectivity index is 1.69. The molecule has 0 unspecified atom stereocenters. The quantitative estimate of drug-likeness (QED) is 0.511. The van der Waals surface area contributed by atoms with E-state index in [1.165, 1.54) is 18.3 Å². The lowest BCUT2D eigenvalue weighted by molar-refractivity contribution is -0.266. The number of hydrogen-bond donors (Lipinski definition) is 2. The van der Waals surface area contributed by atoms with Crippen LogP contribution in [-0.2, 0) is 16.6 Å². The Hall–Kier alpha value is -3.80. The van der Waals surface area contributed by atoms with Crippen molar-refractivity contribution in [3.05, 3.63) is 59.2 Å². The number of sulfonamides is 1. The van der Waals surface area contributed by atoms with E-state index in [1.54, 1.807) is 19.9 Å². The molecule has 36 heavy (non-hydrogen) atoms. The highest BCUT2D eigenvalue weighted by Gasteiger charge is 2.30. The van der Waals surface area contributed by atoms with Crippen LogP contribution in [0.15, 0.2) is 36.5 Å². The number of nitrogens with zero attached hydrogens (tertiary/aromatic N) is 3. The number of amides is 2. The van der Waals surface area contributed by atoms with E-state index in [0.29, 0.717) is 18.4 Å². The van der Waals surface area contributed by atoms with E-state index in [2.05, 4.69) is 20.6 Å². The Morgan fingerprint density at radius 3 is 2.69 bits per heavy atom. The molecule has 0 atom stereocenters. The van der Waals surface area contributed by atoms with Crippen molar-refractivity contribution in [3.8, 4) is 5.75 Å². The Morgan fingerprint density at radius 1 is 1.19 bits per heavy atom. The smallest absolute Gasteiger partial charge is 0.269 e. The molecule has 2 N–H and O–H groups in total. The van der Waals surface area contributed by atoms with Gasteiger partial charge in [-0.05, 0) is 62.3 Å². The molecule has 0 saturated carbocycles. The van der Waals surface area contributed by atoms with Crippen molar-refractivity contribution in [1.29, 1.82) is 0 Å². The number of hydrogen-bond acceptors (Lipinski definition) is 7. The molecule has 2 amide bonds. The van der Waals surface area contributed by atoms with Gasteiger partial charge in [0.25, 0.3) is 11.8 Å². The van der Waals surface area contributed by atoms with Crippen molar-refractivity contribution in [2.75, 3.05) is 16.6 Å². The third kappa shape index (κ3) is 5.08. The fraction of sp³-hybridized carbons (Fsp3) is 0.333. The van der Waals surface area contributed by atoms with Crippen molar-refractivity contribution >= 4 is 38.6 Å². The van der Waals surface area contributed by atoms with Crippen LogP contribution >= 0.6 is 0 Å². The zero-order valence-electron chi connectivity index (χ0n) is 19.7. The zero-order valence-corrected chi connectivity index (χ0v) is 20.6. The summed E-state index contributed by atoms with van der Waals surface area (Å²) in [5.74, 6) is -2.84. The first-order valence-electron chi connectivity index (χ1n) is 11.4. The number of carbonyl (C=O) groups is 2. The van der Waals surface area contributed by atoms with Gasteiger partial charge in [0.2, 0.25) is 10.0 Å². The summed E-state index contributed by atoms with van der Waals surface area (Å²) < 4.78 is 40.4. The summed E-state index contributed by atoms with van der Waals surface area (Å²) in [4.78, 5) is 33.8. The number of nitrogens with one attached hydrogen (secondary N) is 2. The maximum Gasteiger partial charge on any atom is 0.269 e. The monoisotopic (exact) mass is 514 g/mol. The molecule has 3 aromatic rings. The molecule has 4 rings (SSSR count). The Labute approximate surface area is 207 Å². The first-order chi connectivity index (χ1) is 17.1. The second-order valence-electron chi connectivity index (χ2n) is 8.72. The maximum atomic E-state index is 13.8. The minimum absolute atomic E-state index is 0.0265. The van der Waals surface area contributed by atoms with E-state index < -0.39 is 39.1 Å². The molecular weight excluding hydrogens is 489 g/mol. The second-order valence-corrected chi connectivity index (χ2v) is 10.7. The minimum atomic E-state index is -3.68. The fourth-order valence-electron chi connectivity index (χ4n) is 3.98. The van der Waals surface area contributed by atoms with Crippen LogP contribution in [0.4, 0.5) is 10.2 Å². The maximum absolute atomic E-state index is 13.8. The van der Waals surface area contributed by atoms with E-state index in [4.69, 9.17) is 0 Å². The molecule has 190 valence electrons. The van der Waals surface area contributed by atoms with Crippen molar-refractivity contribution in [2.45, 2.75) is 39.3 Å². The molecule has 0 spiro atoms. The largest absolute Gasteiger partial charge is 0.869 e. The van der Waals surface area contributed by atoms with Gasteiger partial charge in [-0.25, -0.2) is 17.8 Å². The van der Waals surface area contributed by atoms with Gasteiger partial charge < -0.3 is 15.7 Å². The first kappa shape index (κ1) is 25.3. The molecule has 1 fully saturated rings. The van der Waals surface area contributed by atoms with E-state index in [9.17, 15) is 27.5 Å². The van der Waals surface area contributed by atoms with Gasteiger partial charge in [-0.15, -0.1) is 0 Å². The van der Waals surface area contributed by atoms with Crippen LogP contribution in [-0.4, -0.2) is 48.5 Å². The minimum Gasteiger partial charge on any atom is -0.869 e. The number of anilines is 1. The molecular formula is C24H25FN5O5S-. The van der Waals surface area contributed by atoms with E-state index in [1.807, 2.05) is 0 Å². The summed E-state index contributed by atoms with van der Waals surface area (Å²) in [5, 5.41) is 18.5. The van der Waals surface area contributed by atoms with Crippen molar-refractivity contribution in [1.82, 2.24) is 20.6 Å². The second kappa shape index (κ2) is 10.1. The standard InChI is InChI=1S/C24H26FN5O5S/c1-14(2)28-23(32)18-12-16(25)8-7-15(18)13-27-24(33)20-21(31)19-17(6-5-9-26-19)22(29-20)30-10-3-4-11-36(30,34)35/h5-9,12,14,31H,3-4,10-11,13H2,1-2H3,(H,27,33)(H,28,32)/p-1. The van der Waals surface area contributed by atoms with Gasteiger partial charge in [0.1, 0.15) is 11.5 Å². The van der Waals surface area contributed by atoms with Crippen LogP contribution in [0.3, 0.4) is 0 Å². The van der Waals surface area contributed by atoms with Crippen molar-refractivity contribution < 1.29 is 27.5 Å². The van der Waals surface area contributed by atoms with E-state index in [0.717, 1.165) is 16.4 Å². The Kier molecular flexibility index (Phi) is 7.07. The molecule has 0 aliphatic carbocycles. The van der Waals surface area contributed by atoms with Gasteiger partial charge in [0.15, 0.2) is 5.82 Å². The molecule has 12 heteroatoms. The van der Waals surface area contributed by atoms with Gasteiger partial charge in [-0.1, -0.05) is 6.07 Å². The summed E-state index contributed by atoms with van der Waals surface area (Å²) >= 11 is 0. The van der Waals surface area contributed by atoms with Crippen molar-refractivity contribution in [3.63, 3.8) is 0 Å². The highest BCUT2D eigenvalue weighted by Crippen LogP contribution is 2.33. The van der Waals surface area contributed by atoms with E-state index >= 15 is 0 Å². The molecule has 2 aromatic heterocycles. The summed E-state index contributed by atoms with van der Waals surface area (Å²) in [6.07, 6.45) is 2.49. The molecule has 1 saturated heterocycles. The number of carbonyl (C=O) groups excluding carboxylic acids is 2. The molecule has 1 aromatic carbocycles. The van der Waals surface area contributed by atoms with Crippen LogP contribution in [0.5, 0.6) is 5.75 Å². The number of pyridine rings is 2. The predicted octanol–water partition coefficient (Wildman–Crippen LogP) is 1.84. The van der Waals surface area contributed by atoms with Gasteiger partial charge in [-0.2, -0.15) is 0 Å². The van der Waals surface area contributed by atoms with Gasteiger partial charge in [0, 0.05) is 36.3 Å². The van der Waals surface area contributed by atoms with Crippen LogP contribution < -0.4 is 20.0 Å². The molecule has 10 nitrogen and oxygen atoms in total. The average molecular weight is 515 g/mol. The van der Waals surface area contributed by atoms with Gasteiger partial charge in [0.05, 0.1) is 11.3 Å². The molecule has 3 heterocycles. The normalized spacial score (nSPS) is 15.2. The SMILES string of the molecule is CC(C)NC(=O)c1cc(F)ccc1CNC(=O)c1nc(N2CCCCS2(=O)=O)c2cccnc2c1[O-]. The van der Waals surface area contributed by atoms with Crippen molar-refractivity contribution in [2.24, 2.45) is 0 Å². The average Bonchev–Trinajstić information content (AvgIpc) is 2.83. The molecule has 0 radical (unpaired) electrons. The highest BCUT2D eigenvalue weighted by atomic mass is 32.2. The zero-order chi connectivity index (χ0) is 26.0. The van der Waals surface area contributed by atoms with Gasteiger partial charge in [-0.3, -0.25) is 18.9 Å². The summed E-state index contributed by atoms with van der Waals surface area (Å²) in [6.45, 7) is 3.49. The first-order valence-corrected chi connectivity index (χ1v) is 13.0. The number of rotatable bonds is 6. The third-order valence-corrected chi connectivity index (χ3v) is 7.50. The summed E-state index contributed by atoms with van der Waals surface area (Å²) in [7, 11) is -3.68. The molecule has 0 bridgehead atoms. The molecule has 1 aliphatic rings. The summed E-state index contributed by atoms with van der Waals surface area (Å²) in [5.41, 5.74) is -0.229. The Bertz CT molecular complexity index is 1440. The Morgan fingerprint density at radius 2 is 1.97 bits per heavy atom. The number of benzene rings is 1. The van der Waals surface area contributed by atoms with Crippen LogP contribution in [0, 0.1) is 5.82 Å². The highest BCUT2D eigenvalue weighted by molar-refractivity contribution is 7.92. The van der Waals surface area contributed by atoms with Crippen LogP contribution in [0.25, 0.3) is 10.9 Å². The lowest BCUT2D eigenvalue weighted by Crippen LogP contribution is -2.39. The predicted molar refractivity (Wildman–Crippen MR) is 130 cm³/mol. The lowest BCUT2D eigenvalue weighted by Gasteiger charge is -2.29. The topological polar surface area (TPSA) is 144 Å². The number of aromatic nitrogens is 2. The fourth-order valence-corrected chi connectivity index (χ4v) is 5.58. The summed E-state index contributed by atoms with van der Waals surface area (Å²) in [6, 6.07) is 6.49. The lowest BCUT2D eigenvalue weighted by atomic mass is 10.1. The van der Waals surface area contributed by atoms with Gasteiger partial charge >= 0.3 is 0 Å².